The molecule has 1 aromatic heterocycles. The fourth-order valence-corrected chi connectivity index (χ4v) is 0.313. The van der Waals surface area contributed by atoms with Crippen molar-refractivity contribution in [3.63, 3.8) is 0 Å². The summed E-state index contributed by atoms with van der Waals surface area (Å²) in [5.74, 6) is 0. The predicted octanol–water partition coefficient (Wildman–Crippen LogP) is 2.64. The molecule has 0 saturated heterocycles. The lowest BCUT2D eigenvalue weighted by Crippen LogP contribution is -2.00. The highest BCUT2D eigenvalue weighted by atomic mass is 35.6. The monoisotopic (exact) mass is 225 g/mol. The van der Waals surface area contributed by atoms with Gasteiger partial charge >= 0.3 is 0 Å². The van der Waals surface area contributed by atoms with E-state index in [1.807, 2.05) is 18.2 Å². The van der Waals surface area contributed by atoms with Gasteiger partial charge in [-0.2, -0.15) is 0 Å². The van der Waals surface area contributed by atoms with Crippen molar-refractivity contribution in [1.82, 2.24) is 4.98 Å². The normalized spacial score (nSPS) is 9.58. The number of nitrogens with zero attached hydrogens (tertiary/aromatic N) is 1. The molecule has 0 bridgehead atoms. The molecule has 0 aliphatic carbocycles. The van der Waals surface area contributed by atoms with Gasteiger partial charge in [0.15, 0.2) is 6.29 Å². The van der Waals surface area contributed by atoms with Crippen LogP contribution in [0.15, 0.2) is 30.6 Å². The smallest absolute Gasteiger partial charge is 0.245 e. The molecule has 0 spiro atoms. The van der Waals surface area contributed by atoms with Crippen LogP contribution in [0.25, 0.3) is 0 Å². The van der Waals surface area contributed by atoms with Gasteiger partial charge in [0.25, 0.3) is 0 Å². The SMILES string of the molecule is O=CC(Cl)(Cl)Cl.c1ccncc1. The minimum absolute atomic E-state index is 0.234. The molecule has 0 saturated carbocycles. The molecule has 66 valence electrons. The molecule has 0 unspecified atom stereocenters. The molecule has 0 aromatic carbocycles. The number of hydrogen-bond acceptors (Lipinski definition) is 2. The summed E-state index contributed by atoms with van der Waals surface area (Å²) >= 11 is 14.6. The Kier molecular flexibility index (Phi) is 6.07. The summed E-state index contributed by atoms with van der Waals surface area (Å²) < 4.78 is -1.72. The van der Waals surface area contributed by atoms with Gasteiger partial charge in [-0.15, -0.1) is 0 Å². The van der Waals surface area contributed by atoms with Crippen LogP contribution in [0.3, 0.4) is 0 Å². The zero-order valence-electron chi connectivity index (χ0n) is 5.95. The minimum Gasteiger partial charge on any atom is -0.299 e. The molecule has 1 rings (SSSR count). The minimum atomic E-state index is -1.72. The van der Waals surface area contributed by atoms with Crippen LogP contribution in [0, 0.1) is 0 Å². The number of carbonyl (C=O) groups excluding carboxylic acids is 1. The quantitative estimate of drug-likeness (QED) is 0.503. The molecule has 2 nitrogen and oxygen atoms in total. The summed E-state index contributed by atoms with van der Waals surface area (Å²) in [6, 6.07) is 5.72. The van der Waals surface area contributed by atoms with Crippen molar-refractivity contribution >= 4 is 41.1 Å². The highest BCUT2D eigenvalue weighted by Gasteiger charge is 2.16. The van der Waals surface area contributed by atoms with E-state index in [-0.39, 0.29) is 6.29 Å². The second-order valence-corrected chi connectivity index (χ2v) is 4.05. The molecule has 5 heteroatoms. The number of carbonyl (C=O) groups is 1. The zero-order chi connectivity index (χ0) is 9.45. The molecular weight excluding hydrogens is 220 g/mol. The van der Waals surface area contributed by atoms with Crippen LogP contribution in [0.1, 0.15) is 0 Å². The molecule has 1 aromatic rings. The van der Waals surface area contributed by atoms with Gasteiger partial charge in [-0.3, -0.25) is 9.78 Å². The maximum atomic E-state index is 9.43. The molecule has 0 radical (unpaired) electrons. The zero-order valence-corrected chi connectivity index (χ0v) is 8.22. The van der Waals surface area contributed by atoms with E-state index in [9.17, 15) is 4.79 Å². The van der Waals surface area contributed by atoms with Gasteiger partial charge in [-0.1, -0.05) is 40.9 Å². The summed E-state index contributed by atoms with van der Waals surface area (Å²) in [4.78, 5) is 13.2. The van der Waals surface area contributed by atoms with Crippen molar-refractivity contribution in [3.05, 3.63) is 30.6 Å². The Hall–Kier alpha value is -0.310. The summed E-state index contributed by atoms with van der Waals surface area (Å²) in [6.45, 7) is 0. The van der Waals surface area contributed by atoms with Gasteiger partial charge in [0.2, 0.25) is 3.79 Å². The van der Waals surface area contributed by atoms with E-state index in [0.717, 1.165) is 0 Å². The Balaban J connectivity index is 0.000000202. The molecule has 0 aliphatic rings. The number of rotatable bonds is 0. The van der Waals surface area contributed by atoms with Gasteiger partial charge in [0.1, 0.15) is 0 Å². The summed E-state index contributed by atoms with van der Waals surface area (Å²) in [7, 11) is 0. The average molecular weight is 226 g/mol. The number of pyridine rings is 1. The van der Waals surface area contributed by atoms with E-state index < -0.39 is 3.79 Å². The van der Waals surface area contributed by atoms with Crippen LogP contribution >= 0.6 is 34.8 Å². The first-order valence-electron chi connectivity index (χ1n) is 2.94. The first kappa shape index (κ1) is 11.7. The summed E-state index contributed by atoms with van der Waals surface area (Å²) in [5, 5.41) is 0. The van der Waals surface area contributed by atoms with E-state index in [2.05, 4.69) is 4.98 Å². The van der Waals surface area contributed by atoms with Crippen LogP contribution in [0.2, 0.25) is 0 Å². The molecule has 0 N–H and O–H groups in total. The standard InChI is InChI=1S/C5H5N.C2HCl3O/c1-2-4-6-5-3-1;3-2(4,5)1-6/h1-5H;1H. The van der Waals surface area contributed by atoms with E-state index in [4.69, 9.17) is 34.8 Å². The van der Waals surface area contributed by atoms with Crippen molar-refractivity contribution < 1.29 is 4.79 Å². The largest absolute Gasteiger partial charge is 0.299 e. The first-order valence-corrected chi connectivity index (χ1v) is 4.07. The third kappa shape index (κ3) is 9.69. The Morgan fingerprint density at radius 1 is 1.08 bits per heavy atom. The maximum absolute atomic E-state index is 9.43. The lowest BCUT2D eigenvalue weighted by molar-refractivity contribution is -0.107. The molecule has 0 fully saturated rings. The summed E-state index contributed by atoms with van der Waals surface area (Å²) in [5.41, 5.74) is 0. The molecule has 0 atom stereocenters. The predicted molar refractivity (Wildman–Crippen MR) is 50.6 cm³/mol. The van der Waals surface area contributed by atoms with Crippen LogP contribution < -0.4 is 0 Å². The number of halogens is 3. The number of aromatic nitrogens is 1. The molecule has 0 aliphatic heterocycles. The average Bonchev–Trinajstić information content (AvgIpc) is 2.07. The lowest BCUT2D eigenvalue weighted by Gasteiger charge is -1.93. The van der Waals surface area contributed by atoms with Gasteiger partial charge in [0, 0.05) is 12.4 Å². The van der Waals surface area contributed by atoms with Crippen molar-refractivity contribution in [2.24, 2.45) is 0 Å². The van der Waals surface area contributed by atoms with Crippen LogP contribution in [-0.2, 0) is 4.79 Å². The number of alkyl halides is 3. The topological polar surface area (TPSA) is 30.0 Å². The molecule has 0 amide bonds. The Bertz CT molecular complexity index is 183. The Morgan fingerprint density at radius 3 is 1.58 bits per heavy atom. The van der Waals surface area contributed by atoms with Crippen molar-refractivity contribution in [1.29, 1.82) is 0 Å². The fraction of sp³-hybridized carbons (Fsp3) is 0.143. The number of aldehydes is 1. The second kappa shape index (κ2) is 6.23. The van der Waals surface area contributed by atoms with Gasteiger partial charge < -0.3 is 0 Å². The number of hydrogen-bond donors (Lipinski definition) is 0. The van der Waals surface area contributed by atoms with E-state index >= 15 is 0 Å². The van der Waals surface area contributed by atoms with Crippen molar-refractivity contribution in [2.75, 3.05) is 0 Å². The van der Waals surface area contributed by atoms with E-state index in [0.29, 0.717) is 0 Å². The summed E-state index contributed by atoms with van der Waals surface area (Å²) in [6.07, 6.45) is 3.73. The maximum Gasteiger partial charge on any atom is 0.245 e. The van der Waals surface area contributed by atoms with Gasteiger partial charge in [-0.05, 0) is 12.1 Å². The second-order valence-electron chi connectivity index (χ2n) is 1.68. The Morgan fingerprint density at radius 2 is 1.50 bits per heavy atom. The highest BCUT2D eigenvalue weighted by Crippen LogP contribution is 2.21. The van der Waals surface area contributed by atoms with Gasteiger partial charge in [0.05, 0.1) is 0 Å². The van der Waals surface area contributed by atoms with Crippen molar-refractivity contribution in [3.8, 4) is 0 Å². The van der Waals surface area contributed by atoms with Gasteiger partial charge in [-0.25, -0.2) is 0 Å². The molecule has 12 heavy (non-hydrogen) atoms. The fourth-order valence-electron chi connectivity index (χ4n) is 0.313. The van der Waals surface area contributed by atoms with Crippen LogP contribution in [-0.4, -0.2) is 15.1 Å². The van der Waals surface area contributed by atoms with Crippen LogP contribution in [0.5, 0.6) is 0 Å². The van der Waals surface area contributed by atoms with Crippen LogP contribution in [0.4, 0.5) is 0 Å². The first-order chi connectivity index (χ1) is 5.56. The van der Waals surface area contributed by atoms with E-state index in [1.54, 1.807) is 12.4 Å². The molecule has 1 heterocycles. The third-order valence-electron chi connectivity index (χ3n) is 0.700. The Labute approximate surface area is 85.5 Å². The third-order valence-corrected chi connectivity index (χ3v) is 0.967. The lowest BCUT2D eigenvalue weighted by atomic mass is 10.5. The molecular formula is C7H6Cl3NO. The van der Waals surface area contributed by atoms with Crippen molar-refractivity contribution in [2.45, 2.75) is 3.79 Å². The van der Waals surface area contributed by atoms with E-state index in [1.165, 1.54) is 0 Å². The highest BCUT2D eigenvalue weighted by molar-refractivity contribution is 6.74.